The third-order valence-corrected chi connectivity index (χ3v) is 8.56. The number of nitrogens with zero attached hydrogens (tertiary/aromatic N) is 2. The second-order valence-electron chi connectivity index (χ2n) is 13.8. The zero-order chi connectivity index (χ0) is 28.4. The molecule has 0 atom stereocenters. The summed E-state index contributed by atoms with van der Waals surface area (Å²) in [6.45, 7) is 23.3. The predicted molar refractivity (Wildman–Crippen MR) is 169 cm³/mol. The van der Waals surface area contributed by atoms with Gasteiger partial charge in [-0.15, -0.1) is 0 Å². The first kappa shape index (κ1) is 27.5. The molecule has 0 saturated heterocycles. The van der Waals surface area contributed by atoms with Crippen molar-refractivity contribution in [3.8, 4) is 17.1 Å². The van der Waals surface area contributed by atoms with Crippen molar-refractivity contribution in [2.45, 2.75) is 87.5 Å². The molecule has 0 radical (unpaired) electrons. The lowest BCUT2D eigenvalue weighted by molar-refractivity contribution is -0.659. The molecular weight excluding hydrogens is 471 g/mol. The lowest BCUT2D eigenvalue weighted by Crippen LogP contribution is -2.53. The summed E-state index contributed by atoms with van der Waals surface area (Å²) in [6, 6.07) is 19.0. The van der Waals surface area contributed by atoms with Crippen LogP contribution in [0.1, 0.15) is 93.7 Å². The summed E-state index contributed by atoms with van der Waals surface area (Å²) in [5, 5.41) is 0. The van der Waals surface area contributed by atoms with Gasteiger partial charge in [-0.2, -0.15) is 0 Å². The van der Waals surface area contributed by atoms with Crippen molar-refractivity contribution in [1.82, 2.24) is 4.57 Å². The fourth-order valence-corrected chi connectivity index (χ4v) is 6.80. The van der Waals surface area contributed by atoms with Gasteiger partial charge >= 0.3 is 6.71 Å². The van der Waals surface area contributed by atoms with Gasteiger partial charge in [0.05, 0.1) is 12.6 Å². The summed E-state index contributed by atoms with van der Waals surface area (Å²) in [4.78, 5) is 0. The summed E-state index contributed by atoms with van der Waals surface area (Å²) >= 11 is 0. The minimum absolute atomic E-state index is 0.210. The van der Waals surface area contributed by atoms with Gasteiger partial charge < -0.3 is 0 Å². The molecule has 1 aromatic heterocycles. The van der Waals surface area contributed by atoms with Crippen LogP contribution in [0.25, 0.3) is 17.1 Å². The van der Waals surface area contributed by atoms with Crippen LogP contribution < -0.4 is 21.1 Å². The zero-order valence-corrected chi connectivity index (χ0v) is 26.0. The van der Waals surface area contributed by atoms with Gasteiger partial charge in [0.15, 0.2) is 0 Å². The molecule has 1 aliphatic rings. The Balaban J connectivity index is 1.87. The number of aromatic nitrogens is 2. The first-order valence-electron chi connectivity index (χ1n) is 14.7. The van der Waals surface area contributed by atoms with Crippen molar-refractivity contribution in [2.24, 2.45) is 12.5 Å². The molecule has 2 heterocycles. The minimum atomic E-state index is 0.210. The maximum absolute atomic E-state index is 2.57. The highest BCUT2D eigenvalue weighted by atomic mass is 15.2. The topological polar surface area (TPSA) is 8.81 Å². The predicted octanol–water partition coefficient (Wildman–Crippen LogP) is 6.56. The number of imidazole rings is 1. The first-order valence-corrected chi connectivity index (χ1v) is 14.7. The monoisotopic (exact) mass is 517 g/mol. The Bertz CT molecular complexity index is 1540. The van der Waals surface area contributed by atoms with Gasteiger partial charge in [0.25, 0.3) is 5.82 Å². The number of hydrogen-bond donors (Lipinski definition) is 0. The van der Waals surface area contributed by atoms with Crippen LogP contribution >= 0.6 is 0 Å². The third-order valence-electron chi connectivity index (χ3n) is 8.56. The van der Waals surface area contributed by atoms with Crippen molar-refractivity contribution < 1.29 is 4.57 Å². The lowest BCUT2D eigenvalue weighted by atomic mass is 9.37. The molecule has 4 aromatic rings. The van der Waals surface area contributed by atoms with E-state index in [0.717, 1.165) is 6.42 Å². The summed E-state index contributed by atoms with van der Waals surface area (Å²) < 4.78 is 4.94. The molecule has 0 N–H and O–H groups in total. The zero-order valence-electron chi connectivity index (χ0n) is 26.0. The van der Waals surface area contributed by atoms with Gasteiger partial charge in [0, 0.05) is 0 Å². The van der Waals surface area contributed by atoms with Gasteiger partial charge in [0.2, 0.25) is 0 Å². The Hall–Kier alpha value is -3.07. The molecular formula is C36H46BN2+. The Kier molecular flexibility index (Phi) is 6.94. The normalized spacial score (nSPS) is 13.0. The number of rotatable bonds is 5. The highest BCUT2D eigenvalue weighted by molar-refractivity contribution is 6.97. The molecule has 0 unspecified atom stereocenters. The van der Waals surface area contributed by atoms with Crippen LogP contribution in [0.2, 0.25) is 0 Å². The number of benzene rings is 3. The summed E-state index contributed by atoms with van der Waals surface area (Å²) in [5.74, 6) is 2.19. The quantitative estimate of drug-likeness (QED) is 0.184. The van der Waals surface area contributed by atoms with Crippen molar-refractivity contribution >= 4 is 23.2 Å². The van der Waals surface area contributed by atoms with E-state index in [2.05, 4.69) is 140 Å². The van der Waals surface area contributed by atoms with Gasteiger partial charge in [-0.3, -0.25) is 0 Å². The number of hydrogen-bond acceptors (Lipinski definition) is 0. The maximum atomic E-state index is 2.57. The summed E-state index contributed by atoms with van der Waals surface area (Å²) in [6.07, 6.45) is 3.48. The van der Waals surface area contributed by atoms with E-state index >= 15 is 0 Å². The Morgan fingerprint density at radius 3 is 2.10 bits per heavy atom. The molecule has 0 saturated carbocycles. The van der Waals surface area contributed by atoms with E-state index in [-0.39, 0.29) is 12.1 Å². The van der Waals surface area contributed by atoms with Crippen LogP contribution in [0, 0.1) is 26.2 Å². The van der Waals surface area contributed by atoms with Crippen molar-refractivity contribution in [3.63, 3.8) is 0 Å². The Morgan fingerprint density at radius 2 is 1.51 bits per heavy atom. The molecule has 0 spiro atoms. The highest BCUT2D eigenvalue weighted by Crippen LogP contribution is 2.31. The average Bonchev–Trinajstić information content (AvgIpc) is 3.31. The molecule has 2 nitrogen and oxygen atoms in total. The van der Waals surface area contributed by atoms with E-state index in [1.54, 1.807) is 0 Å². The molecule has 0 aliphatic carbocycles. The van der Waals surface area contributed by atoms with Gasteiger partial charge in [-0.05, 0) is 95.4 Å². The SMILES string of the molecule is Cc1cc(C)c(C)c(-c2n3c(c[n+]2C)B(c2c(C(C)C)cccc2C(C)C)c2cc(CC(C)(C)C)ccc2-3)c1. The Labute approximate surface area is 237 Å². The molecule has 39 heavy (non-hydrogen) atoms. The number of aryl methyl sites for hydroxylation is 3. The van der Waals surface area contributed by atoms with Crippen LogP contribution in [-0.4, -0.2) is 11.3 Å². The number of fused-ring (bicyclic) bond motifs is 3. The van der Waals surface area contributed by atoms with Crippen molar-refractivity contribution in [3.05, 3.63) is 88.1 Å². The first-order chi connectivity index (χ1) is 18.3. The second kappa shape index (κ2) is 9.84. The fourth-order valence-electron chi connectivity index (χ4n) is 6.80. The summed E-state index contributed by atoms with van der Waals surface area (Å²) in [7, 11) is 2.22. The fraction of sp³-hybridized carbons (Fsp3) is 0.417. The molecule has 0 bridgehead atoms. The molecule has 3 aromatic carbocycles. The van der Waals surface area contributed by atoms with E-state index in [1.165, 1.54) is 67.0 Å². The smallest absolute Gasteiger partial charge is 0.233 e. The summed E-state index contributed by atoms with van der Waals surface area (Å²) in [5.41, 5.74) is 15.6. The van der Waals surface area contributed by atoms with Gasteiger partial charge in [-0.1, -0.05) is 90.3 Å². The van der Waals surface area contributed by atoms with E-state index in [4.69, 9.17) is 0 Å². The van der Waals surface area contributed by atoms with E-state index in [0.29, 0.717) is 11.8 Å². The standard InChI is InChI=1S/C36H46BN2/c1-22(2)28-13-12-14-29(23(3)4)34(28)37-31-19-27(20-36(8,9)10)15-16-32(31)39-33(37)21-38(11)35(39)30-18-24(5)17-25(6)26(30)7/h12-19,21-23H,20H2,1-11H3/q+1. The van der Waals surface area contributed by atoms with Crippen LogP contribution in [0.5, 0.6) is 0 Å². The van der Waals surface area contributed by atoms with Gasteiger partial charge in [0.1, 0.15) is 17.5 Å². The Morgan fingerprint density at radius 1 is 0.872 bits per heavy atom. The third kappa shape index (κ3) is 4.79. The van der Waals surface area contributed by atoms with E-state index in [9.17, 15) is 0 Å². The molecule has 202 valence electrons. The van der Waals surface area contributed by atoms with Crippen LogP contribution in [-0.2, 0) is 13.5 Å². The van der Waals surface area contributed by atoms with Crippen molar-refractivity contribution in [2.75, 3.05) is 0 Å². The van der Waals surface area contributed by atoms with Gasteiger partial charge in [-0.25, -0.2) is 9.13 Å². The molecule has 1 aliphatic heterocycles. The molecule has 0 fully saturated rings. The largest absolute Gasteiger partial charge is 0.303 e. The lowest BCUT2D eigenvalue weighted by Gasteiger charge is -2.23. The minimum Gasteiger partial charge on any atom is -0.233 e. The van der Waals surface area contributed by atoms with E-state index < -0.39 is 0 Å². The van der Waals surface area contributed by atoms with Crippen LogP contribution in [0.4, 0.5) is 0 Å². The molecule has 5 rings (SSSR count). The highest BCUT2D eigenvalue weighted by Gasteiger charge is 2.45. The molecule has 0 amide bonds. The maximum Gasteiger partial charge on any atom is 0.303 e. The molecule has 3 heteroatoms. The van der Waals surface area contributed by atoms with Crippen LogP contribution in [0.15, 0.2) is 54.7 Å². The van der Waals surface area contributed by atoms with E-state index in [1.807, 2.05) is 0 Å². The average molecular weight is 518 g/mol. The second-order valence-corrected chi connectivity index (χ2v) is 13.8. The van der Waals surface area contributed by atoms with Crippen LogP contribution in [0.3, 0.4) is 0 Å². The van der Waals surface area contributed by atoms with Crippen molar-refractivity contribution in [1.29, 1.82) is 0 Å².